The standard InChI is InChI=1S/C12H18N2O2S/c1-14-10(8-6-4-3-5-7-8)9(11(15)16)13-12(14)17-2/h8H,3-7H2,1-2H3,(H,15,16). The molecule has 4 nitrogen and oxygen atoms in total. The zero-order valence-corrected chi connectivity index (χ0v) is 11.1. The predicted octanol–water partition coefficient (Wildman–Crippen LogP) is 2.89. The largest absolute Gasteiger partial charge is 0.476 e. The van der Waals surface area contributed by atoms with Crippen LogP contribution in [0, 0.1) is 0 Å². The van der Waals surface area contributed by atoms with E-state index in [-0.39, 0.29) is 5.69 Å². The number of rotatable bonds is 3. The second kappa shape index (κ2) is 5.12. The lowest BCUT2D eigenvalue weighted by molar-refractivity contribution is 0.0688. The molecule has 1 aliphatic carbocycles. The van der Waals surface area contributed by atoms with Crippen molar-refractivity contribution in [3.8, 4) is 0 Å². The Bertz CT molecular complexity index is 422. The van der Waals surface area contributed by atoms with Crippen LogP contribution in [0.2, 0.25) is 0 Å². The van der Waals surface area contributed by atoms with Crippen LogP contribution in [-0.2, 0) is 7.05 Å². The Labute approximate surface area is 105 Å². The number of thioether (sulfide) groups is 1. The Morgan fingerprint density at radius 1 is 1.41 bits per heavy atom. The third-order valence-corrected chi connectivity index (χ3v) is 4.21. The molecule has 0 radical (unpaired) electrons. The van der Waals surface area contributed by atoms with Gasteiger partial charge >= 0.3 is 5.97 Å². The highest BCUT2D eigenvalue weighted by atomic mass is 32.2. The van der Waals surface area contributed by atoms with Gasteiger partial charge in [-0.3, -0.25) is 0 Å². The first-order valence-corrected chi connectivity index (χ1v) is 7.21. The fourth-order valence-electron chi connectivity index (χ4n) is 2.67. The Kier molecular flexibility index (Phi) is 3.76. The Hall–Kier alpha value is -0.970. The predicted molar refractivity (Wildman–Crippen MR) is 67.8 cm³/mol. The first-order chi connectivity index (χ1) is 8.15. The average molecular weight is 254 g/mol. The van der Waals surface area contributed by atoms with Gasteiger partial charge in [0.25, 0.3) is 0 Å². The minimum absolute atomic E-state index is 0.253. The van der Waals surface area contributed by atoms with E-state index in [1.165, 1.54) is 31.0 Å². The van der Waals surface area contributed by atoms with Crippen LogP contribution in [0.15, 0.2) is 5.16 Å². The highest BCUT2D eigenvalue weighted by molar-refractivity contribution is 7.98. The molecule has 1 aromatic rings. The number of nitrogens with zero attached hydrogens (tertiary/aromatic N) is 2. The number of carbonyl (C=O) groups is 1. The molecular weight excluding hydrogens is 236 g/mol. The summed E-state index contributed by atoms with van der Waals surface area (Å²) in [4.78, 5) is 15.5. The van der Waals surface area contributed by atoms with Crippen molar-refractivity contribution >= 4 is 17.7 Å². The Morgan fingerprint density at radius 3 is 2.59 bits per heavy atom. The van der Waals surface area contributed by atoms with Crippen LogP contribution in [0.5, 0.6) is 0 Å². The van der Waals surface area contributed by atoms with Crippen molar-refractivity contribution in [2.45, 2.75) is 43.2 Å². The van der Waals surface area contributed by atoms with E-state index in [2.05, 4.69) is 4.98 Å². The molecule has 1 aromatic heterocycles. The van der Waals surface area contributed by atoms with Crippen molar-refractivity contribution in [3.63, 3.8) is 0 Å². The number of aromatic carboxylic acids is 1. The lowest BCUT2D eigenvalue weighted by atomic mass is 9.86. The third-order valence-electron chi connectivity index (χ3n) is 3.48. The molecule has 0 bridgehead atoms. The van der Waals surface area contributed by atoms with Crippen LogP contribution in [0.3, 0.4) is 0 Å². The normalized spacial score (nSPS) is 17.3. The van der Waals surface area contributed by atoms with E-state index in [1.54, 1.807) is 0 Å². The van der Waals surface area contributed by atoms with Gasteiger partial charge in [-0.15, -0.1) is 0 Å². The molecule has 0 unspecified atom stereocenters. The zero-order valence-electron chi connectivity index (χ0n) is 10.3. The summed E-state index contributed by atoms with van der Waals surface area (Å²) in [5, 5.41) is 10.0. The van der Waals surface area contributed by atoms with Crippen LogP contribution in [0.25, 0.3) is 0 Å². The molecule has 0 atom stereocenters. The summed E-state index contributed by atoms with van der Waals surface area (Å²) in [7, 11) is 1.93. The molecule has 0 aromatic carbocycles. The first-order valence-electron chi connectivity index (χ1n) is 5.99. The highest BCUT2D eigenvalue weighted by Crippen LogP contribution is 2.35. The van der Waals surface area contributed by atoms with Crippen molar-refractivity contribution in [2.24, 2.45) is 7.05 Å². The van der Waals surface area contributed by atoms with Crippen molar-refractivity contribution in [1.29, 1.82) is 0 Å². The zero-order chi connectivity index (χ0) is 12.4. The molecule has 2 rings (SSSR count). The molecule has 94 valence electrons. The number of imidazole rings is 1. The van der Waals surface area contributed by atoms with Crippen molar-refractivity contribution in [1.82, 2.24) is 9.55 Å². The van der Waals surface area contributed by atoms with Crippen molar-refractivity contribution < 1.29 is 9.90 Å². The summed E-state index contributed by atoms with van der Waals surface area (Å²) in [6, 6.07) is 0. The van der Waals surface area contributed by atoms with E-state index >= 15 is 0 Å². The molecule has 17 heavy (non-hydrogen) atoms. The number of hydrogen-bond acceptors (Lipinski definition) is 3. The number of aromatic nitrogens is 2. The fourth-order valence-corrected chi connectivity index (χ4v) is 3.23. The molecule has 1 N–H and O–H groups in total. The summed E-state index contributed by atoms with van der Waals surface area (Å²) in [5.41, 5.74) is 1.17. The summed E-state index contributed by atoms with van der Waals surface area (Å²) in [5.74, 6) is -0.533. The lowest BCUT2D eigenvalue weighted by Crippen LogP contribution is -2.13. The maximum Gasteiger partial charge on any atom is 0.356 e. The SMILES string of the molecule is CSc1nc(C(=O)O)c(C2CCCCC2)n1C. The van der Waals surface area contributed by atoms with Gasteiger partial charge in [0.15, 0.2) is 10.9 Å². The van der Waals surface area contributed by atoms with Crippen LogP contribution < -0.4 is 0 Å². The van der Waals surface area contributed by atoms with Gasteiger partial charge in [-0.2, -0.15) is 0 Å². The molecule has 0 amide bonds. The van der Waals surface area contributed by atoms with Crippen LogP contribution >= 0.6 is 11.8 Å². The van der Waals surface area contributed by atoms with Crippen molar-refractivity contribution in [3.05, 3.63) is 11.4 Å². The lowest BCUT2D eigenvalue weighted by Gasteiger charge is -2.22. The quantitative estimate of drug-likeness (QED) is 0.843. The third kappa shape index (κ3) is 2.34. The van der Waals surface area contributed by atoms with E-state index in [1.807, 2.05) is 17.9 Å². The van der Waals surface area contributed by atoms with Crippen LogP contribution in [0.1, 0.15) is 54.2 Å². The second-order valence-corrected chi connectivity index (χ2v) is 5.30. The molecule has 1 aliphatic rings. The molecule has 5 heteroatoms. The molecule has 0 spiro atoms. The van der Waals surface area contributed by atoms with E-state index in [9.17, 15) is 9.90 Å². The maximum absolute atomic E-state index is 11.3. The van der Waals surface area contributed by atoms with Crippen molar-refractivity contribution in [2.75, 3.05) is 6.26 Å². The second-order valence-electron chi connectivity index (χ2n) is 4.53. The minimum Gasteiger partial charge on any atom is -0.476 e. The number of carboxylic acid groups (broad SMARTS) is 1. The Balaban J connectivity index is 2.41. The van der Waals surface area contributed by atoms with Gasteiger partial charge in [-0.25, -0.2) is 9.78 Å². The minimum atomic E-state index is -0.901. The monoisotopic (exact) mass is 254 g/mol. The topological polar surface area (TPSA) is 55.1 Å². The molecule has 0 aliphatic heterocycles. The summed E-state index contributed by atoms with van der Waals surface area (Å²) < 4.78 is 1.96. The maximum atomic E-state index is 11.3. The van der Waals surface area contributed by atoms with E-state index < -0.39 is 5.97 Å². The van der Waals surface area contributed by atoms with Gasteiger partial charge in [-0.05, 0) is 19.1 Å². The van der Waals surface area contributed by atoms with Crippen LogP contribution in [-0.4, -0.2) is 26.9 Å². The van der Waals surface area contributed by atoms with Gasteiger partial charge in [-0.1, -0.05) is 31.0 Å². The van der Waals surface area contributed by atoms with E-state index in [0.717, 1.165) is 23.7 Å². The van der Waals surface area contributed by atoms with E-state index in [4.69, 9.17) is 0 Å². The summed E-state index contributed by atoms with van der Waals surface area (Å²) in [6.07, 6.45) is 7.78. The average Bonchev–Trinajstić information content (AvgIpc) is 2.67. The smallest absolute Gasteiger partial charge is 0.356 e. The summed E-state index contributed by atoms with van der Waals surface area (Å²) in [6.45, 7) is 0. The van der Waals surface area contributed by atoms with Gasteiger partial charge in [0.05, 0.1) is 5.69 Å². The highest BCUT2D eigenvalue weighted by Gasteiger charge is 2.27. The Morgan fingerprint density at radius 2 is 2.06 bits per heavy atom. The van der Waals surface area contributed by atoms with Gasteiger partial charge in [0, 0.05) is 13.0 Å². The number of hydrogen-bond donors (Lipinski definition) is 1. The molecule has 1 saturated carbocycles. The molecule has 0 saturated heterocycles. The van der Waals surface area contributed by atoms with Crippen LogP contribution in [0.4, 0.5) is 0 Å². The first kappa shape index (κ1) is 12.5. The molecule has 1 heterocycles. The fraction of sp³-hybridized carbons (Fsp3) is 0.667. The van der Waals surface area contributed by atoms with Gasteiger partial charge < -0.3 is 9.67 Å². The molecular formula is C12H18N2O2S. The van der Waals surface area contributed by atoms with Gasteiger partial charge in [0.2, 0.25) is 0 Å². The van der Waals surface area contributed by atoms with E-state index in [0.29, 0.717) is 5.92 Å². The van der Waals surface area contributed by atoms with Gasteiger partial charge in [0.1, 0.15) is 0 Å². The molecule has 1 fully saturated rings. The summed E-state index contributed by atoms with van der Waals surface area (Å²) >= 11 is 1.50. The number of carboxylic acids is 1.